The van der Waals surface area contributed by atoms with Gasteiger partial charge in [0.25, 0.3) is 11.9 Å². The van der Waals surface area contributed by atoms with Crippen LogP contribution in [0.4, 0.5) is 0 Å². The second-order valence-electron chi connectivity index (χ2n) is 6.40. The SMILES string of the molecule is [Cu+2].[NH-]C1(C(=O)O)CCC(C(=O)O)NC1.[NH-]C1(C(=O)O)CCC(C(=O)O)NC1. The van der Waals surface area contributed by atoms with Crippen LogP contribution >= 0.6 is 0 Å². The van der Waals surface area contributed by atoms with E-state index in [1.807, 2.05) is 0 Å². The third-order valence-corrected chi connectivity index (χ3v) is 4.44. The molecule has 2 aliphatic heterocycles. The fourth-order valence-electron chi connectivity index (χ4n) is 2.54. The number of hydrogen-bond acceptors (Lipinski definition) is 6. The molecule has 157 valence electrons. The topological polar surface area (TPSA) is 221 Å². The third-order valence-electron chi connectivity index (χ3n) is 4.44. The summed E-state index contributed by atoms with van der Waals surface area (Å²) in [5.74, 6) is -4.40. The number of carbonyl (C=O) groups is 4. The predicted molar refractivity (Wildman–Crippen MR) is 86.7 cm³/mol. The molecule has 0 saturated carbocycles. The van der Waals surface area contributed by atoms with Crippen molar-refractivity contribution in [3.05, 3.63) is 11.5 Å². The molecule has 4 atom stereocenters. The van der Waals surface area contributed by atoms with Gasteiger partial charge in [0.15, 0.2) is 0 Å². The maximum absolute atomic E-state index is 10.6. The molecule has 13 heteroatoms. The molecule has 0 spiro atoms. The van der Waals surface area contributed by atoms with Gasteiger partial charge in [0.05, 0.1) is 0 Å². The van der Waals surface area contributed by atoms with Crippen LogP contribution in [0, 0.1) is 0 Å². The number of rotatable bonds is 4. The maximum Gasteiger partial charge on any atom is 2.00 e. The van der Waals surface area contributed by atoms with E-state index in [1.54, 1.807) is 0 Å². The average Bonchev–Trinajstić information content (AvgIpc) is 2.56. The summed E-state index contributed by atoms with van der Waals surface area (Å²) in [6.45, 7) is -0.224. The van der Waals surface area contributed by atoms with E-state index in [-0.39, 0.29) is 55.8 Å². The molecule has 12 nitrogen and oxygen atoms in total. The fourth-order valence-corrected chi connectivity index (χ4v) is 2.54. The molecule has 0 aromatic rings. The standard InChI is InChI=1S/2C7H11N2O4.Cu/c2*8-7(6(12)13)2-1-4(5(10)11)9-3-7;/h2*4,8-9H,1-3H2,(H,10,11)(H,12,13);/q2*-1;+2. The quantitative estimate of drug-likeness (QED) is 0.306. The first kappa shape index (κ1) is 25.2. The van der Waals surface area contributed by atoms with Crippen molar-refractivity contribution in [1.82, 2.24) is 10.6 Å². The van der Waals surface area contributed by atoms with E-state index >= 15 is 0 Å². The Labute approximate surface area is 165 Å². The van der Waals surface area contributed by atoms with Gasteiger partial charge in [-0.1, -0.05) is 12.8 Å². The zero-order valence-corrected chi connectivity index (χ0v) is 15.1. The summed E-state index contributed by atoms with van der Waals surface area (Å²) in [7, 11) is 0. The first-order valence-electron chi connectivity index (χ1n) is 7.80. The Morgan fingerprint density at radius 2 is 1.04 bits per heavy atom. The number of piperidine rings is 2. The van der Waals surface area contributed by atoms with Crippen LogP contribution in [0.5, 0.6) is 0 Å². The van der Waals surface area contributed by atoms with Crippen molar-refractivity contribution < 1.29 is 56.7 Å². The van der Waals surface area contributed by atoms with Crippen LogP contribution < -0.4 is 10.6 Å². The molecule has 0 aromatic heterocycles. The van der Waals surface area contributed by atoms with Gasteiger partial charge in [-0.25, -0.2) is 0 Å². The Morgan fingerprint density at radius 1 is 0.741 bits per heavy atom. The first-order chi connectivity index (χ1) is 11.9. The van der Waals surface area contributed by atoms with Crippen molar-refractivity contribution in [3.8, 4) is 0 Å². The predicted octanol–water partition coefficient (Wildman–Crippen LogP) is -0.605. The number of carboxylic acid groups (broad SMARTS) is 4. The van der Waals surface area contributed by atoms with E-state index in [0.29, 0.717) is 0 Å². The Bertz CT molecular complexity index is 521. The number of carboxylic acids is 4. The fraction of sp³-hybridized carbons (Fsp3) is 0.714. The van der Waals surface area contributed by atoms with Crippen LogP contribution in [0.3, 0.4) is 0 Å². The molecule has 0 aromatic carbocycles. The van der Waals surface area contributed by atoms with Crippen LogP contribution in [0.2, 0.25) is 0 Å². The Balaban J connectivity index is 0.000000483. The van der Waals surface area contributed by atoms with Crippen molar-refractivity contribution in [2.75, 3.05) is 13.1 Å². The summed E-state index contributed by atoms with van der Waals surface area (Å²) in [5.41, 5.74) is 11.8. The second kappa shape index (κ2) is 9.97. The third kappa shape index (κ3) is 6.72. The van der Waals surface area contributed by atoms with E-state index in [1.165, 1.54) is 0 Å². The van der Waals surface area contributed by atoms with Gasteiger partial charge in [0, 0.05) is 0 Å². The van der Waals surface area contributed by atoms with Gasteiger partial charge in [0.2, 0.25) is 0 Å². The minimum Gasteiger partial charge on any atom is -0.661 e. The molecule has 2 saturated heterocycles. The van der Waals surface area contributed by atoms with Crippen molar-refractivity contribution in [1.29, 1.82) is 0 Å². The van der Waals surface area contributed by atoms with E-state index < -0.39 is 47.0 Å². The summed E-state index contributed by atoms with van der Waals surface area (Å²) in [6.07, 6.45) is 0.523. The second-order valence-corrected chi connectivity index (χ2v) is 6.40. The van der Waals surface area contributed by atoms with Crippen LogP contribution in [0.1, 0.15) is 25.7 Å². The normalized spacial score (nSPS) is 32.8. The van der Waals surface area contributed by atoms with Crippen LogP contribution in [0.25, 0.3) is 11.5 Å². The summed E-state index contributed by atoms with van der Waals surface area (Å²) < 4.78 is 0. The first-order valence-corrected chi connectivity index (χ1v) is 7.80. The van der Waals surface area contributed by atoms with E-state index in [0.717, 1.165) is 0 Å². The maximum atomic E-state index is 10.6. The zero-order chi connectivity index (χ0) is 20.1. The molecule has 1 radical (unpaired) electrons. The van der Waals surface area contributed by atoms with Crippen LogP contribution in [-0.2, 0) is 36.2 Å². The van der Waals surface area contributed by atoms with Gasteiger partial charge in [0.1, 0.15) is 12.1 Å². The largest absolute Gasteiger partial charge is 2.00 e. The molecular formula is C14H22CuN4O8. The molecule has 8 N–H and O–H groups in total. The molecule has 2 rings (SSSR count). The summed E-state index contributed by atoms with van der Waals surface area (Å²) in [6, 6.07) is -1.42. The Hall–Kier alpha value is -1.76. The van der Waals surface area contributed by atoms with Crippen molar-refractivity contribution in [2.45, 2.75) is 48.8 Å². The molecule has 0 aliphatic carbocycles. The summed E-state index contributed by atoms with van der Waals surface area (Å²) in [4.78, 5) is 42.1. The number of hydrogen-bond donors (Lipinski definition) is 6. The van der Waals surface area contributed by atoms with E-state index in [2.05, 4.69) is 10.6 Å². The molecule has 0 bridgehead atoms. The van der Waals surface area contributed by atoms with E-state index in [9.17, 15) is 19.2 Å². The van der Waals surface area contributed by atoms with Gasteiger partial charge >= 0.3 is 29.0 Å². The zero-order valence-electron chi connectivity index (χ0n) is 14.1. The molecule has 27 heavy (non-hydrogen) atoms. The van der Waals surface area contributed by atoms with Crippen LogP contribution in [0.15, 0.2) is 0 Å². The molecule has 2 heterocycles. The van der Waals surface area contributed by atoms with Gasteiger partial charge in [-0.2, -0.15) is 0 Å². The Morgan fingerprint density at radius 3 is 1.19 bits per heavy atom. The van der Waals surface area contributed by atoms with E-state index in [4.69, 9.17) is 31.9 Å². The van der Waals surface area contributed by atoms with Crippen molar-refractivity contribution >= 4 is 23.9 Å². The number of nitrogens with one attached hydrogen (secondary N) is 4. The summed E-state index contributed by atoms with van der Waals surface area (Å²) >= 11 is 0. The monoisotopic (exact) mass is 437 g/mol. The molecule has 0 amide bonds. The van der Waals surface area contributed by atoms with Crippen LogP contribution in [-0.4, -0.2) is 80.6 Å². The van der Waals surface area contributed by atoms with Gasteiger partial charge < -0.3 is 42.5 Å². The average molecular weight is 438 g/mol. The minimum absolute atomic E-state index is 0. The smallest absolute Gasteiger partial charge is 0.661 e. The van der Waals surface area contributed by atoms with Crippen molar-refractivity contribution in [2.24, 2.45) is 0 Å². The van der Waals surface area contributed by atoms with Gasteiger partial charge in [-0.15, -0.1) is 0 Å². The molecule has 2 fully saturated rings. The molecule has 2 aliphatic rings. The number of aliphatic carboxylic acids is 4. The van der Waals surface area contributed by atoms with Crippen molar-refractivity contribution in [3.63, 3.8) is 0 Å². The van der Waals surface area contributed by atoms with Gasteiger partial charge in [-0.05, 0) is 37.0 Å². The summed E-state index contributed by atoms with van der Waals surface area (Å²) in [5, 5.41) is 39.5. The Kier molecular flexibility index (Phi) is 9.32. The van der Waals surface area contributed by atoms with Gasteiger partial charge in [-0.3, -0.25) is 19.2 Å². The molecular weight excluding hydrogens is 416 g/mol. The molecule has 4 unspecified atom stereocenters. The minimum atomic E-state index is -1.56.